The van der Waals surface area contributed by atoms with Gasteiger partial charge in [-0.05, 0) is 17.2 Å². The molecule has 0 amide bonds. The number of halogens is 1. The normalized spacial score (nSPS) is 13.8. The Morgan fingerprint density at radius 1 is 1.12 bits per heavy atom. The molecule has 1 aliphatic heterocycles. The lowest BCUT2D eigenvalue weighted by atomic mass is 10.1. The number of rotatable bonds is 1. The number of fused-ring (bicyclic) bond motifs is 1. The summed E-state index contributed by atoms with van der Waals surface area (Å²) in [6.07, 6.45) is 0. The molecule has 0 atom stereocenters. The highest BCUT2D eigenvalue weighted by molar-refractivity contribution is 7.98. The van der Waals surface area contributed by atoms with Crippen LogP contribution in [0.15, 0.2) is 36.4 Å². The predicted octanol–water partition coefficient (Wildman–Crippen LogP) is 4.15. The molecule has 0 saturated carbocycles. The van der Waals surface area contributed by atoms with Gasteiger partial charge in [0.1, 0.15) is 5.15 Å². The van der Waals surface area contributed by atoms with Crippen molar-refractivity contribution in [2.75, 3.05) is 0 Å². The van der Waals surface area contributed by atoms with Crippen LogP contribution in [0.3, 0.4) is 0 Å². The molecule has 0 saturated heterocycles. The molecule has 0 aliphatic carbocycles. The lowest BCUT2D eigenvalue weighted by Gasteiger charge is -2.06. The van der Waals surface area contributed by atoms with Crippen LogP contribution < -0.4 is 0 Å². The highest BCUT2D eigenvalue weighted by Gasteiger charge is 2.16. The van der Waals surface area contributed by atoms with Crippen LogP contribution >= 0.6 is 23.4 Å². The maximum absolute atomic E-state index is 6.22. The molecular weight excluding hydrogens is 238 g/mol. The highest BCUT2D eigenvalue weighted by atomic mass is 35.5. The minimum absolute atomic E-state index is 0.618. The lowest BCUT2D eigenvalue weighted by Crippen LogP contribution is -1.91. The van der Waals surface area contributed by atoms with E-state index < -0.39 is 0 Å². The van der Waals surface area contributed by atoms with Crippen molar-refractivity contribution in [3.63, 3.8) is 0 Å². The van der Waals surface area contributed by atoms with Crippen molar-refractivity contribution in [2.24, 2.45) is 0 Å². The summed E-state index contributed by atoms with van der Waals surface area (Å²) in [5, 5.41) is 0.618. The Morgan fingerprint density at radius 2 is 1.94 bits per heavy atom. The first-order valence-electron chi connectivity index (χ1n) is 5.16. The summed E-state index contributed by atoms with van der Waals surface area (Å²) in [4.78, 5) is 4.47. The van der Waals surface area contributed by atoms with E-state index in [0.29, 0.717) is 5.15 Å². The molecular formula is C13H10ClNS. The van der Waals surface area contributed by atoms with E-state index in [1.807, 2.05) is 30.0 Å². The van der Waals surface area contributed by atoms with Gasteiger partial charge in [0, 0.05) is 17.1 Å². The van der Waals surface area contributed by atoms with Gasteiger partial charge in [0.05, 0.1) is 5.69 Å². The van der Waals surface area contributed by atoms with Crippen molar-refractivity contribution in [2.45, 2.75) is 11.5 Å². The highest BCUT2D eigenvalue weighted by Crippen LogP contribution is 2.35. The summed E-state index contributed by atoms with van der Waals surface area (Å²) < 4.78 is 0. The molecule has 16 heavy (non-hydrogen) atoms. The van der Waals surface area contributed by atoms with Gasteiger partial charge in [-0.2, -0.15) is 11.8 Å². The maximum Gasteiger partial charge on any atom is 0.137 e. The van der Waals surface area contributed by atoms with Crippen LogP contribution in [0.5, 0.6) is 0 Å². The third-order valence-corrected chi connectivity index (χ3v) is 4.01. The van der Waals surface area contributed by atoms with Gasteiger partial charge in [-0.15, -0.1) is 0 Å². The Labute approximate surface area is 104 Å². The summed E-state index contributed by atoms with van der Waals surface area (Å²) in [7, 11) is 0. The number of hydrogen-bond donors (Lipinski definition) is 0. The van der Waals surface area contributed by atoms with Crippen LogP contribution in [-0.2, 0) is 11.5 Å². The molecule has 2 aromatic rings. The summed E-state index contributed by atoms with van der Waals surface area (Å²) >= 11 is 8.12. The fourth-order valence-corrected chi connectivity index (χ4v) is 3.18. The van der Waals surface area contributed by atoms with Crippen molar-refractivity contribution in [3.8, 4) is 11.1 Å². The first-order valence-corrected chi connectivity index (χ1v) is 6.69. The summed E-state index contributed by atoms with van der Waals surface area (Å²) in [6.45, 7) is 0. The number of aromatic nitrogens is 1. The van der Waals surface area contributed by atoms with Crippen molar-refractivity contribution in [1.29, 1.82) is 0 Å². The molecule has 2 heterocycles. The number of nitrogens with zero attached hydrogens (tertiary/aromatic N) is 1. The van der Waals surface area contributed by atoms with E-state index in [2.05, 4.69) is 23.2 Å². The largest absolute Gasteiger partial charge is 0.239 e. The number of pyridine rings is 1. The zero-order valence-corrected chi connectivity index (χ0v) is 10.2. The van der Waals surface area contributed by atoms with Gasteiger partial charge < -0.3 is 0 Å². The van der Waals surface area contributed by atoms with Gasteiger partial charge >= 0.3 is 0 Å². The molecule has 1 aromatic carbocycles. The Balaban J connectivity index is 2.15. The lowest BCUT2D eigenvalue weighted by molar-refractivity contribution is 1.15. The average molecular weight is 248 g/mol. The van der Waals surface area contributed by atoms with Crippen molar-refractivity contribution in [1.82, 2.24) is 4.98 Å². The smallest absolute Gasteiger partial charge is 0.137 e. The zero-order chi connectivity index (χ0) is 11.0. The quantitative estimate of drug-likeness (QED) is 0.703. The Hall–Kier alpha value is -0.990. The molecule has 0 spiro atoms. The molecule has 1 aliphatic rings. The Morgan fingerprint density at radius 3 is 2.75 bits per heavy atom. The van der Waals surface area contributed by atoms with Gasteiger partial charge in [0.15, 0.2) is 0 Å². The average Bonchev–Trinajstić information content (AvgIpc) is 2.76. The zero-order valence-electron chi connectivity index (χ0n) is 8.61. The molecule has 80 valence electrons. The van der Waals surface area contributed by atoms with E-state index in [9.17, 15) is 0 Å². The molecule has 0 radical (unpaired) electrons. The fraction of sp³-hybridized carbons (Fsp3) is 0.154. The molecule has 0 unspecified atom stereocenters. The monoisotopic (exact) mass is 247 g/mol. The summed E-state index contributed by atoms with van der Waals surface area (Å²) in [5.74, 6) is 2.05. The van der Waals surface area contributed by atoms with Crippen LogP contribution in [0, 0.1) is 0 Å². The number of thioether (sulfide) groups is 1. The molecule has 0 fully saturated rings. The minimum atomic E-state index is 0.618. The molecule has 3 heteroatoms. The van der Waals surface area contributed by atoms with Crippen LogP contribution in [0.1, 0.15) is 11.3 Å². The van der Waals surface area contributed by atoms with E-state index in [1.54, 1.807) is 0 Å². The van der Waals surface area contributed by atoms with Crippen molar-refractivity contribution >= 4 is 23.4 Å². The van der Waals surface area contributed by atoms with Gasteiger partial charge in [-0.1, -0.05) is 41.9 Å². The summed E-state index contributed by atoms with van der Waals surface area (Å²) in [6, 6.07) is 12.4. The van der Waals surface area contributed by atoms with Gasteiger partial charge in [0.25, 0.3) is 0 Å². The van der Waals surface area contributed by atoms with Gasteiger partial charge in [-0.3, -0.25) is 0 Å². The molecule has 0 bridgehead atoms. The van der Waals surface area contributed by atoms with E-state index >= 15 is 0 Å². The van der Waals surface area contributed by atoms with Gasteiger partial charge in [-0.25, -0.2) is 4.98 Å². The molecule has 1 nitrogen and oxygen atoms in total. The summed E-state index contributed by atoms with van der Waals surface area (Å²) in [5.41, 5.74) is 4.66. The Bertz CT molecular complexity index is 525. The molecule has 1 aromatic heterocycles. The molecule has 0 N–H and O–H groups in total. The standard InChI is InChI=1S/C13H10ClNS/c14-13-11(9-4-2-1-3-5-9)6-10-7-16-8-12(10)15-13/h1-6H,7-8H2. The van der Waals surface area contributed by atoms with E-state index in [0.717, 1.165) is 28.3 Å². The first-order chi connectivity index (χ1) is 7.84. The predicted molar refractivity (Wildman–Crippen MR) is 69.7 cm³/mol. The van der Waals surface area contributed by atoms with E-state index in [-0.39, 0.29) is 0 Å². The third-order valence-electron chi connectivity index (χ3n) is 2.73. The Kier molecular flexibility index (Phi) is 2.62. The second-order valence-corrected chi connectivity index (χ2v) is 5.13. The topological polar surface area (TPSA) is 12.9 Å². The van der Waals surface area contributed by atoms with Crippen LogP contribution in [0.25, 0.3) is 11.1 Å². The second kappa shape index (κ2) is 4.11. The van der Waals surface area contributed by atoms with E-state index in [4.69, 9.17) is 11.6 Å². The van der Waals surface area contributed by atoms with Crippen LogP contribution in [-0.4, -0.2) is 4.98 Å². The van der Waals surface area contributed by atoms with Crippen LogP contribution in [0.2, 0.25) is 5.15 Å². The third kappa shape index (κ3) is 1.72. The molecule has 3 rings (SSSR count). The van der Waals surface area contributed by atoms with Gasteiger partial charge in [0.2, 0.25) is 0 Å². The van der Waals surface area contributed by atoms with E-state index in [1.165, 1.54) is 5.56 Å². The van der Waals surface area contributed by atoms with Crippen molar-refractivity contribution < 1.29 is 0 Å². The maximum atomic E-state index is 6.22. The second-order valence-electron chi connectivity index (χ2n) is 3.79. The number of benzene rings is 1. The fourth-order valence-electron chi connectivity index (χ4n) is 1.90. The van der Waals surface area contributed by atoms with Crippen molar-refractivity contribution in [3.05, 3.63) is 52.8 Å². The SMILES string of the molecule is Clc1nc2c(cc1-c1ccccc1)CSC2. The van der Waals surface area contributed by atoms with Crippen LogP contribution in [0.4, 0.5) is 0 Å². The first kappa shape index (κ1) is 10.2. The number of hydrogen-bond acceptors (Lipinski definition) is 2. The minimum Gasteiger partial charge on any atom is -0.239 e.